The van der Waals surface area contributed by atoms with Crippen molar-refractivity contribution in [3.8, 4) is 0 Å². The van der Waals surface area contributed by atoms with Gasteiger partial charge in [0.15, 0.2) is 5.78 Å². The molecule has 2 aromatic rings. The van der Waals surface area contributed by atoms with Gasteiger partial charge in [0.05, 0.1) is 5.92 Å². The number of nitrogens with zero attached hydrogens (tertiary/aromatic N) is 2. The highest BCUT2D eigenvalue weighted by Gasteiger charge is 2.36. The Kier molecular flexibility index (Phi) is 5.59. The lowest BCUT2D eigenvalue weighted by Gasteiger charge is -2.20. The van der Waals surface area contributed by atoms with Gasteiger partial charge in [-0.25, -0.2) is 0 Å². The molecule has 2 aliphatic rings. The number of carbonyl (C=O) groups excluding carboxylic acids is 4. The fourth-order valence-corrected chi connectivity index (χ4v) is 4.20. The average molecular weight is 419 g/mol. The van der Waals surface area contributed by atoms with Crippen LogP contribution in [0.4, 0.5) is 17.1 Å². The topological polar surface area (TPSA) is 86.8 Å². The fraction of sp³-hybridized carbons (Fsp3) is 0.333. The lowest BCUT2D eigenvalue weighted by atomic mass is 10.1. The molecule has 0 aliphatic carbocycles. The number of hydrogen-bond donors (Lipinski definition) is 1. The van der Waals surface area contributed by atoms with E-state index < -0.39 is 5.92 Å². The normalized spacial score (nSPS) is 17.6. The molecule has 0 unspecified atom stereocenters. The van der Waals surface area contributed by atoms with Crippen LogP contribution >= 0.6 is 0 Å². The summed E-state index contributed by atoms with van der Waals surface area (Å²) in [6.45, 7) is 4.28. The van der Waals surface area contributed by atoms with Crippen LogP contribution in [-0.2, 0) is 20.8 Å². The van der Waals surface area contributed by atoms with Gasteiger partial charge in [0.1, 0.15) is 0 Å². The Morgan fingerprint density at radius 3 is 2.68 bits per heavy atom. The third-order valence-electron chi connectivity index (χ3n) is 5.91. The van der Waals surface area contributed by atoms with E-state index in [0.717, 1.165) is 23.4 Å². The van der Waals surface area contributed by atoms with Gasteiger partial charge < -0.3 is 15.1 Å². The largest absolute Gasteiger partial charge is 0.326 e. The summed E-state index contributed by atoms with van der Waals surface area (Å²) in [6, 6.07) is 12.5. The Morgan fingerprint density at radius 1 is 1.13 bits per heavy atom. The molecular weight excluding hydrogens is 394 g/mol. The summed E-state index contributed by atoms with van der Waals surface area (Å²) in [5.74, 6) is -0.794. The lowest BCUT2D eigenvalue weighted by Crippen LogP contribution is -2.28. The number of nitrogens with one attached hydrogen (secondary N) is 1. The summed E-state index contributed by atoms with van der Waals surface area (Å²) >= 11 is 0. The van der Waals surface area contributed by atoms with E-state index in [2.05, 4.69) is 5.32 Å². The first-order valence-electron chi connectivity index (χ1n) is 10.5. The fourth-order valence-electron chi connectivity index (χ4n) is 4.20. The molecule has 4 rings (SSSR count). The van der Waals surface area contributed by atoms with Crippen LogP contribution in [0.3, 0.4) is 0 Å². The summed E-state index contributed by atoms with van der Waals surface area (Å²) in [5, 5.41) is 2.82. The smallest absolute Gasteiger partial charge is 0.229 e. The van der Waals surface area contributed by atoms with E-state index in [-0.39, 0.29) is 29.9 Å². The quantitative estimate of drug-likeness (QED) is 0.754. The summed E-state index contributed by atoms with van der Waals surface area (Å²) in [7, 11) is 0. The van der Waals surface area contributed by atoms with Gasteiger partial charge in [0.25, 0.3) is 0 Å². The Morgan fingerprint density at radius 2 is 1.94 bits per heavy atom. The second-order valence-electron chi connectivity index (χ2n) is 7.99. The predicted octanol–water partition coefficient (Wildman–Crippen LogP) is 3.18. The van der Waals surface area contributed by atoms with Crippen LogP contribution in [-0.4, -0.2) is 36.6 Å². The zero-order chi connectivity index (χ0) is 22.1. The van der Waals surface area contributed by atoms with Gasteiger partial charge in [0, 0.05) is 48.6 Å². The second kappa shape index (κ2) is 8.34. The van der Waals surface area contributed by atoms with E-state index in [1.54, 1.807) is 34.1 Å². The number of benzene rings is 2. The molecule has 7 nitrogen and oxygen atoms in total. The predicted molar refractivity (Wildman–Crippen MR) is 118 cm³/mol. The summed E-state index contributed by atoms with van der Waals surface area (Å²) in [6.07, 6.45) is 1.35. The molecular formula is C24H25N3O4. The second-order valence-corrected chi connectivity index (χ2v) is 7.99. The third-order valence-corrected chi connectivity index (χ3v) is 5.91. The Balaban J connectivity index is 1.46. The highest BCUT2D eigenvalue weighted by molar-refractivity contribution is 6.04. The van der Waals surface area contributed by atoms with Gasteiger partial charge >= 0.3 is 0 Å². The third kappa shape index (κ3) is 4.08. The Labute approximate surface area is 181 Å². The molecule has 1 saturated heterocycles. The van der Waals surface area contributed by atoms with Gasteiger partial charge in [-0.1, -0.05) is 19.1 Å². The monoisotopic (exact) mass is 419 g/mol. The average Bonchev–Trinajstić information content (AvgIpc) is 3.36. The van der Waals surface area contributed by atoms with Gasteiger partial charge in [-0.05, 0) is 49.2 Å². The van der Waals surface area contributed by atoms with Crippen LogP contribution < -0.4 is 15.1 Å². The molecule has 160 valence electrons. The van der Waals surface area contributed by atoms with Crippen molar-refractivity contribution >= 4 is 40.6 Å². The van der Waals surface area contributed by atoms with Crippen LogP contribution in [0.5, 0.6) is 0 Å². The van der Waals surface area contributed by atoms with E-state index in [1.807, 2.05) is 25.1 Å². The van der Waals surface area contributed by atoms with Crippen LogP contribution in [0.2, 0.25) is 0 Å². The lowest BCUT2D eigenvalue weighted by molar-refractivity contribution is -0.122. The van der Waals surface area contributed by atoms with Crippen molar-refractivity contribution < 1.29 is 19.2 Å². The highest BCUT2D eigenvalue weighted by Crippen LogP contribution is 2.34. The minimum absolute atomic E-state index is 0.0749. The Bertz CT molecular complexity index is 1080. The van der Waals surface area contributed by atoms with Crippen molar-refractivity contribution in [2.75, 3.05) is 28.2 Å². The van der Waals surface area contributed by atoms with Gasteiger partial charge in [-0.15, -0.1) is 0 Å². The molecule has 0 aromatic heterocycles. The van der Waals surface area contributed by atoms with Crippen molar-refractivity contribution in [1.29, 1.82) is 0 Å². The molecule has 1 fully saturated rings. The molecule has 2 aromatic carbocycles. The van der Waals surface area contributed by atoms with E-state index in [4.69, 9.17) is 0 Å². The number of rotatable bonds is 5. The first kappa shape index (κ1) is 20.8. The highest BCUT2D eigenvalue weighted by atomic mass is 16.2. The molecule has 7 heteroatoms. The molecule has 1 N–H and O–H groups in total. The number of anilines is 3. The molecule has 0 radical (unpaired) electrons. The van der Waals surface area contributed by atoms with Crippen molar-refractivity contribution in [1.82, 2.24) is 0 Å². The number of amides is 3. The molecule has 0 bridgehead atoms. The maximum absolute atomic E-state index is 12.7. The molecule has 1 atom stereocenters. The molecule has 2 aliphatic heterocycles. The van der Waals surface area contributed by atoms with Gasteiger partial charge in [-0.3, -0.25) is 19.2 Å². The van der Waals surface area contributed by atoms with Gasteiger partial charge in [-0.2, -0.15) is 0 Å². The zero-order valence-electron chi connectivity index (χ0n) is 17.7. The minimum Gasteiger partial charge on any atom is -0.326 e. The van der Waals surface area contributed by atoms with Gasteiger partial charge in [0.2, 0.25) is 17.7 Å². The molecule has 0 spiro atoms. The van der Waals surface area contributed by atoms with Crippen molar-refractivity contribution in [3.63, 3.8) is 0 Å². The molecule has 31 heavy (non-hydrogen) atoms. The molecule has 0 saturated carbocycles. The van der Waals surface area contributed by atoms with Crippen LogP contribution in [0.15, 0.2) is 42.5 Å². The SMILES string of the molecule is CCC(=O)N1CCc2cc(N3C[C@H](C(=O)Nc4cccc(C(C)=O)c4)CC3=O)ccc21. The van der Waals surface area contributed by atoms with Crippen molar-refractivity contribution in [3.05, 3.63) is 53.6 Å². The number of hydrogen-bond acceptors (Lipinski definition) is 4. The first-order valence-corrected chi connectivity index (χ1v) is 10.5. The van der Waals surface area contributed by atoms with E-state index in [9.17, 15) is 19.2 Å². The molecule has 3 amide bonds. The first-order chi connectivity index (χ1) is 14.9. The van der Waals surface area contributed by atoms with Crippen LogP contribution in [0, 0.1) is 5.92 Å². The zero-order valence-corrected chi connectivity index (χ0v) is 17.7. The summed E-state index contributed by atoms with van der Waals surface area (Å²) in [4.78, 5) is 52.5. The van der Waals surface area contributed by atoms with E-state index in [1.165, 1.54) is 6.92 Å². The van der Waals surface area contributed by atoms with Crippen molar-refractivity contribution in [2.24, 2.45) is 5.92 Å². The minimum atomic E-state index is -0.472. The summed E-state index contributed by atoms with van der Waals surface area (Å²) in [5.41, 5.74) is 3.77. The maximum Gasteiger partial charge on any atom is 0.229 e. The number of carbonyl (C=O) groups is 4. The standard InChI is InChI=1S/C24H25N3O4/c1-3-22(29)26-10-9-17-12-20(7-8-21(17)26)27-14-18(13-23(27)30)24(31)25-19-6-4-5-16(11-19)15(2)28/h4-8,11-12,18H,3,9-10,13-14H2,1-2H3,(H,25,31)/t18-/m1/s1. The van der Waals surface area contributed by atoms with E-state index >= 15 is 0 Å². The number of Topliss-reactive ketones (excluding diaryl/α,β-unsaturated/α-hetero) is 1. The number of ketones is 1. The van der Waals surface area contributed by atoms with Crippen molar-refractivity contribution in [2.45, 2.75) is 33.1 Å². The maximum atomic E-state index is 12.7. The van der Waals surface area contributed by atoms with Crippen LogP contribution in [0.25, 0.3) is 0 Å². The molecule has 2 heterocycles. The summed E-state index contributed by atoms with van der Waals surface area (Å²) < 4.78 is 0. The van der Waals surface area contributed by atoms with E-state index in [0.29, 0.717) is 30.8 Å². The Hall–Kier alpha value is -3.48. The van der Waals surface area contributed by atoms with Crippen LogP contribution in [0.1, 0.15) is 42.6 Å². The number of fused-ring (bicyclic) bond motifs is 1.